The van der Waals surface area contributed by atoms with Crippen molar-refractivity contribution in [1.29, 1.82) is 0 Å². The van der Waals surface area contributed by atoms with E-state index in [9.17, 15) is 18.0 Å². The summed E-state index contributed by atoms with van der Waals surface area (Å²) in [6.45, 7) is 7.89. The van der Waals surface area contributed by atoms with Crippen molar-refractivity contribution in [3.63, 3.8) is 0 Å². The van der Waals surface area contributed by atoms with E-state index in [1.165, 1.54) is 35.7 Å². The highest BCUT2D eigenvalue weighted by atomic mass is 32.2. The number of methoxy groups -OCH3 is 1. The number of hydrogen-bond acceptors (Lipinski definition) is 6. The van der Waals surface area contributed by atoms with Crippen LogP contribution in [0.1, 0.15) is 44.5 Å². The molecule has 29 heavy (non-hydrogen) atoms. The molecule has 1 aromatic carbocycles. The van der Waals surface area contributed by atoms with Gasteiger partial charge in [0.2, 0.25) is 10.0 Å². The van der Waals surface area contributed by atoms with Gasteiger partial charge in [-0.15, -0.1) is 0 Å². The van der Waals surface area contributed by atoms with Crippen molar-refractivity contribution in [1.82, 2.24) is 9.62 Å². The van der Waals surface area contributed by atoms with Gasteiger partial charge in [0, 0.05) is 18.7 Å². The SMILES string of the molecule is CCC(C)C(NC(=O)c1cccc(S(=O)(=O)N2CC(C)OC(C)C2)c1)C(=O)OC. The summed E-state index contributed by atoms with van der Waals surface area (Å²) >= 11 is 0. The topological polar surface area (TPSA) is 102 Å². The largest absolute Gasteiger partial charge is 0.467 e. The van der Waals surface area contributed by atoms with Crippen LogP contribution in [0.5, 0.6) is 0 Å². The van der Waals surface area contributed by atoms with Gasteiger partial charge in [0.05, 0.1) is 24.2 Å². The zero-order valence-electron chi connectivity index (χ0n) is 17.5. The lowest BCUT2D eigenvalue weighted by atomic mass is 9.99. The van der Waals surface area contributed by atoms with Gasteiger partial charge >= 0.3 is 5.97 Å². The Labute approximate surface area is 172 Å². The molecule has 1 fully saturated rings. The number of nitrogens with one attached hydrogen (secondary N) is 1. The Balaban J connectivity index is 2.25. The van der Waals surface area contributed by atoms with E-state index >= 15 is 0 Å². The average Bonchev–Trinajstić information content (AvgIpc) is 2.70. The maximum absolute atomic E-state index is 13.0. The molecule has 1 aromatic rings. The summed E-state index contributed by atoms with van der Waals surface area (Å²) in [6.07, 6.45) is 0.245. The molecule has 0 bridgehead atoms. The number of amides is 1. The van der Waals surface area contributed by atoms with Gasteiger partial charge in [-0.3, -0.25) is 4.79 Å². The van der Waals surface area contributed by atoms with Crippen molar-refractivity contribution in [3.8, 4) is 0 Å². The molecular formula is C20H30N2O6S. The van der Waals surface area contributed by atoms with E-state index in [4.69, 9.17) is 9.47 Å². The Hall–Kier alpha value is -1.97. The first-order valence-electron chi connectivity index (χ1n) is 9.74. The lowest BCUT2D eigenvalue weighted by Gasteiger charge is -2.34. The van der Waals surface area contributed by atoms with Gasteiger partial charge in [0.1, 0.15) is 6.04 Å². The number of ether oxygens (including phenoxy) is 2. The van der Waals surface area contributed by atoms with Crippen LogP contribution in [0.25, 0.3) is 0 Å². The first-order valence-corrected chi connectivity index (χ1v) is 11.2. The molecule has 1 aliphatic heterocycles. The maximum atomic E-state index is 13.0. The van der Waals surface area contributed by atoms with Crippen LogP contribution in [0.4, 0.5) is 0 Å². The second-order valence-corrected chi connectivity index (χ2v) is 9.40. The Kier molecular flexibility index (Phi) is 7.79. The second kappa shape index (κ2) is 9.69. The van der Waals surface area contributed by atoms with Gasteiger partial charge in [0.15, 0.2) is 0 Å². The number of carbonyl (C=O) groups excluding carboxylic acids is 2. The fourth-order valence-corrected chi connectivity index (χ4v) is 4.93. The van der Waals surface area contributed by atoms with Crippen molar-refractivity contribution < 1.29 is 27.5 Å². The molecule has 162 valence electrons. The predicted molar refractivity (Wildman–Crippen MR) is 108 cm³/mol. The van der Waals surface area contributed by atoms with E-state index in [1.807, 2.05) is 27.7 Å². The molecule has 9 heteroatoms. The first kappa shape index (κ1) is 23.3. The number of hydrogen-bond donors (Lipinski definition) is 1. The quantitative estimate of drug-likeness (QED) is 0.667. The number of esters is 1. The highest BCUT2D eigenvalue weighted by molar-refractivity contribution is 7.89. The fraction of sp³-hybridized carbons (Fsp3) is 0.600. The minimum absolute atomic E-state index is 0.0320. The van der Waals surface area contributed by atoms with Crippen LogP contribution in [0.3, 0.4) is 0 Å². The van der Waals surface area contributed by atoms with Gasteiger partial charge in [-0.2, -0.15) is 4.31 Å². The zero-order valence-corrected chi connectivity index (χ0v) is 18.4. The molecule has 8 nitrogen and oxygen atoms in total. The van der Waals surface area contributed by atoms with Gasteiger partial charge in [0.25, 0.3) is 5.91 Å². The molecule has 0 aromatic heterocycles. The standard InChI is InChI=1S/C20H30N2O6S/c1-6-13(2)18(20(24)27-5)21-19(23)16-8-7-9-17(10-16)29(25,26)22-11-14(3)28-15(4)12-22/h7-10,13-15,18H,6,11-12H2,1-5H3,(H,21,23). The highest BCUT2D eigenvalue weighted by Crippen LogP contribution is 2.22. The molecule has 0 saturated carbocycles. The molecule has 1 saturated heterocycles. The molecule has 1 N–H and O–H groups in total. The third kappa shape index (κ3) is 5.55. The molecule has 0 spiro atoms. The van der Waals surface area contributed by atoms with Crippen LogP contribution in [0.2, 0.25) is 0 Å². The van der Waals surface area contributed by atoms with Crippen molar-refractivity contribution in [2.45, 2.75) is 57.3 Å². The summed E-state index contributed by atoms with van der Waals surface area (Å²) in [4.78, 5) is 24.8. The summed E-state index contributed by atoms with van der Waals surface area (Å²) in [5.41, 5.74) is 0.164. The summed E-state index contributed by atoms with van der Waals surface area (Å²) < 4.78 is 37.9. The van der Waals surface area contributed by atoms with E-state index in [-0.39, 0.29) is 41.7 Å². The molecule has 4 atom stereocenters. The van der Waals surface area contributed by atoms with Crippen molar-refractivity contribution >= 4 is 21.9 Å². The molecule has 1 amide bonds. The van der Waals surface area contributed by atoms with Crippen molar-refractivity contribution in [2.75, 3.05) is 20.2 Å². The van der Waals surface area contributed by atoms with E-state index in [0.717, 1.165) is 0 Å². The number of nitrogens with zero attached hydrogens (tertiary/aromatic N) is 1. The average molecular weight is 427 g/mol. The van der Waals surface area contributed by atoms with Crippen LogP contribution in [0, 0.1) is 5.92 Å². The van der Waals surface area contributed by atoms with E-state index in [0.29, 0.717) is 6.42 Å². The monoisotopic (exact) mass is 426 g/mol. The molecule has 0 radical (unpaired) electrons. The third-order valence-electron chi connectivity index (χ3n) is 5.07. The predicted octanol–water partition coefficient (Wildman–Crippen LogP) is 1.80. The number of rotatable bonds is 7. The van der Waals surface area contributed by atoms with Crippen molar-refractivity contribution in [3.05, 3.63) is 29.8 Å². The minimum Gasteiger partial charge on any atom is -0.467 e. The third-order valence-corrected chi connectivity index (χ3v) is 6.90. The van der Waals surface area contributed by atoms with Gasteiger partial charge in [-0.05, 0) is 38.0 Å². The number of morpholine rings is 1. The highest BCUT2D eigenvalue weighted by Gasteiger charge is 2.33. The number of benzene rings is 1. The van der Waals surface area contributed by atoms with E-state index in [1.54, 1.807) is 0 Å². The second-order valence-electron chi connectivity index (χ2n) is 7.47. The van der Waals surface area contributed by atoms with E-state index < -0.39 is 27.9 Å². The molecule has 4 unspecified atom stereocenters. The van der Waals surface area contributed by atoms with Gasteiger partial charge in [-0.1, -0.05) is 26.3 Å². The summed E-state index contributed by atoms with van der Waals surface area (Å²) in [5.74, 6) is -1.19. The Morgan fingerprint density at radius 1 is 1.28 bits per heavy atom. The Morgan fingerprint density at radius 3 is 2.45 bits per heavy atom. The number of carbonyl (C=O) groups is 2. The summed E-state index contributed by atoms with van der Waals surface area (Å²) in [5, 5.41) is 2.67. The molecule has 0 aliphatic carbocycles. The molecule has 2 rings (SSSR count). The van der Waals surface area contributed by atoms with Gasteiger partial charge in [-0.25, -0.2) is 13.2 Å². The van der Waals surface area contributed by atoms with Crippen LogP contribution < -0.4 is 5.32 Å². The Morgan fingerprint density at radius 2 is 1.90 bits per heavy atom. The molecule has 1 heterocycles. The molecule has 1 aliphatic rings. The van der Waals surface area contributed by atoms with E-state index in [2.05, 4.69) is 5.32 Å². The van der Waals surface area contributed by atoms with Crippen LogP contribution in [0.15, 0.2) is 29.2 Å². The normalized spacial score (nSPS) is 22.5. The summed E-state index contributed by atoms with van der Waals surface area (Å²) in [7, 11) is -2.51. The minimum atomic E-state index is -3.77. The zero-order chi connectivity index (χ0) is 21.8. The molecular weight excluding hydrogens is 396 g/mol. The van der Waals surface area contributed by atoms with Crippen LogP contribution >= 0.6 is 0 Å². The maximum Gasteiger partial charge on any atom is 0.328 e. The van der Waals surface area contributed by atoms with Crippen LogP contribution in [-0.4, -0.2) is 63.0 Å². The summed E-state index contributed by atoms with van der Waals surface area (Å²) in [6, 6.07) is 5.03. The Bertz CT molecular complexity index is 831. The first-order chi connectivity index (χ1) is 13.6. The fourth-order valence-electron chi connectivity index (χ4n) is 3.29. The lowest BCUT2D eigenvalue weighted by Crippen LogP contribution is -2.48. The lowest BCUT2D eigenvalue weighted by molar-refractivity contribution is -0.144. The smallest absolute Gasteiger partial charge is 0.328 e. The van der Waals surface area contributed by atoms with Crippen LogP contribution in [-0.2, 0) is 24.3 Å². The van der Waals surface area contributed by atoms with Crippen molar-refractivity contribution in [2.24, 2.45) is 5.92 Å². The van der Waals surface area contributed by atoms with Gasteiger partial charge < -0.3 is 14.8 Å². The number of sulfonamides is 1.